The fourth-order valence-corrected chi connectivity index (χ4v) is 4.30. The lowest BCUT2D eigenvalue weighted by Gasteiger charge is -2.36. The normalized spacial score (nSPS) is 14.6. The zero-order chi connectivity index (χ0) is 20.7. The quantitative estimate of drug-likeness (QED) is 0.642. The van der Waals surface area contributed by atoms with Gasteiger partial charge < -0.3 is 25.4 Å². The third-order valence-corrected chi connectivity index (χ3v) is 5.84. The number of thiophene rings is 1. The van der Waals surface area contributed by atoms with Crippen LogP contribution >= 0.6 is 11.3 Å². The minimum Gasteiger partial charge on any atom is -0.493 e. The van der Waals surface area contributed by atoms with Crippen LogP contribution < -0.4 is 26.1 Å². The fraction of sp³-hybridized carbons (Fsp3) is 0.316. The highest BCUT2D eigenvalue weighted by Crippen LogP contribution is 2.31. The van der Waals surface area contributed by atoms with E-state index < -0.39 is 5.56 Å². The number of nitrogen functional groups attached to an aromatic ring is 1. The van der Waals surface area contributed by atoms with Gasteiger partial charge in [-0.2, -0.15) is 0 Å². The van der Waals surface area contributed by atoms with Crippen molar-refractivity contribution in [2.24, 2.45) is 0 Å². The summed E-state index contributed by atoms with van der Waals surface area (Å²) < 4.78 is 12.0. The van der Waals surface area contributed by atoms with E-state index >= 15 is 0 Å². The molecule has 9 nitrogen and oxygen atoms in total. The number of hydrogen-bond acceptors (Lipinski definition) is 8. The van der Waals surface area contributed by atoms with Crippen molar-refractivity contribution in [2.45, 2.75) is 6.04 Å². The highest BCUT2D eigenvalue weighted by atomic mass is 32.1. The lowest BCUT2D eigenvalue weighted by molar-refractivity contribution is 0.0862. The number of anilines is 1. The van der Waals surface area contributed by atoms with Crippen LogP contribution in [0.4, 0.5) is 5.82 Å². The molecule has 10 heteroatoms. The van der Waals surface area contributed by atoms with Gasteiger partial charge in [-0.1, -0.05) is 0 Å². The van der Waals surface area contributed by atoms with Crippen LogP contribution in [-0.2, 0) is 0 Å². The molecule has 3 N–H and O–H groups in total. The van der Waals surface area contributed by atoms with E-state index in [-0.39, 0.29) is 17.8 Å². The molecule has 0 spiro atoms. The second-order valence-electron chi connectivity index (χ2n) is 6.87. The summed E-state index contributed by atoms with van der Waals surface area (Å²) in [5.41, 5.74) is 6.45. The molecule has 0 bridgehead atoms. The first-order valence-electron chi connectivity index (χ1n) is 8.95. The predicted molar refractivity (Wildman–Crippen MR) is 111 cm³/mol. The van der Waals surface area contributed by atoms with Crippen molar-refractivity contribution in [3.05, 3.63) is 39.5 Å². The molecule has 2 aromatic heterocycles. The number of likely N-dealkylation sites (N-methyl/N-ethyl adjacent to an activating group) is 1. The van der Waals surface area contributed by atoms with Gasteiger partial charge in [0.2, 0.25) is 0 Å². The van der Waals surface area contributed by atoms with Crippen molar-refractivity contribution in [1.82, 2.24) is 19.8 Å². The second kappa shape index (κ2) is 7.37. The van der Waals surface area contributed by atoms with E-state index in [4.69, 9.17) is 15.2 Å². The Balaban J connectivity index is 1.79. The number of likely N-dealkylation sites (tertiary alicyclic amines) is 1. The Morgan fingerprint density at radius 1 is 1.24 bits per heavy atom. The van der Waals surface area contributed by atoms with Crippen LogP contribution in [0.5, 0.6) is 11.5 Å². The van der Waals surface area contributed by atoms with Gasteiger partial charge in [0.05, 0.1) is 36.3 Å². The van der Waals surface area contributed by atoms with Crippen molar-refractivity contribution < 1.29 is 14.3 Å². The Bertz CT molecular complexity index is 1150. The molecule has 29 heavy (non-hydrogen) atoms. The summed E-state index contributed by atoms with van der Waals surface area (Å²) in [5.74, 6) is 0.693. The number of methoxy groups -OCH3 is 2. The molecule has 0 atom stereocenters. The summed E-state index contributed by atoms with van der Waals surface area (Å²) in [6.45, 7) is 1.64. The third kappa shape index (κ3) is 3.40. The summed E-state index contributed by atoms with van der Waals surface area (Å²) in [5, 5.41) is 2.99. The van der Waals surface area contributed by atoms with Gasteiger partial charge >= 0.3 is 0 Å². The molecule has 3 aromatic rings. The molecule has 1 amide bonds. The number of benzene rings is 1. The Hall–Kier alpha value is -3.11. The first kappa shape index (κ1) is 19.2. The van der Waals surface area contributed by atoms with Crippen LogP contribution in [0.25, 0.3) is 16.0 Å². The van der Waals surface area contributed by atoms with Crippen molar-refractivity contribution >= 4 is 33.4 Å². The first-order valence-corrected chi connectivity index (χ1v) is 9.76. The highest BCUT2D eigenvalue weighted by Gasteiger charge is 2.26. The van der Waals surface area contributed by atoms with Crippen LogP contribution in [0.3, 0.4) is 0 Å². The van der Waals surface area contributed by atoms with E-state index in [0.29, 0.717) is 32.4 Å². The molecule has 0 aliphatic carbocycles. The summed E-state index contributed by atoms with van der Waals surface area (Å²) >= 11 is 1.20. The molecule has 4 rings (SSSR count). The average molecular weight is 415 g/mol. The molecule has 0 unspecified atom stereocenters. The van der Waals surface area contributed by atoms with Gasteiger partial charge in [0.25, 0.3) is 11.5 Å². The number of nitrogens with one attached hydrogen (secondary N) is 1. The maximum atomic E-state index is 12.8. The van der Waals surface area contributed by atoms with Crippen LogP contribution in [0, 0.1) is 0 Å². The molecule has 0 saturated carbocycles. The van der Waals surface area contributed by atoms with Crippen LogP contribution in [0.2, 0.25) is 0 Å². The molecular formula is C19H21N5O4S. The number of carbonyl (C=O) groups excluding carboxylic acids is 1. The zero-order valence-electron chi connectivity index (χ0n) is 16.3. The molecule has 3 heterocycles. The first-order chi connectivity index (χ1) is 13.9. The fourth-order valence-electron chi connectivity index (χ4n) is 3.37. The van der Waals surface area contributed by atoms with Gasteiger partial charge in [-0.15, -0.1) is 11.3 Å². The van der Waals surface area contributed by atoms with Gasteiger partial charge in [0.1, 0.15) is 4.83 Å². The van der Waals surface area contributed by atoms with Crippen LogP contribution in [0.1, 0.15) is 9.67 Å². The number of hydrogen-bond donors (Lipinski definition) is 2. The van der Waals surface area contributed by atoms with Crippen molar-refractivity contribution in [3.63, 3.8) is 0 Å². The Kier molecular flexibility index (Phi) is 4.89. The zero-order valence-corrected chi connectivity index (χ0v) is 17.1. The summed E-state index contributed by atoms with van der Waals surface area (Å²) in [6, 6.07) is 6.91. The lowest BCUT2D eigenvalue weighted by atomic mass is 10.1. The summed E-state index contributed by atoms with van der Waals surface area (Å²) in [7, 11) is 5.05. The third-order valence-electron chi connectivity index (χ3n) is 4.83. The molecule has 0 radical (unpaired) electrons. The van der Waals surface area contributed by atoms with E-state index in [2.05, 4.69) is 15.2 Å². The van der Waals surface area contributed by atoms with E-state index in [1.807, 2.05) is 7.05 Å². The Morgan fingerprint density at radius 3 is 2.62 bits per heavy atom. The highest BCUT2D eigenvalue weighted by molar-refractivity contribution is 7.20. The molecule has 1 aliphatic heterocycles. The van der Waals surface area contributed by atoms with Gasteiger partial charge in [-0.25, -0.2) is 4.98 Å². The minimum atomic E-state index is -0.463. The largest absolute Gasteiger partial charge is 0.493 e. The molecule has 1 fully saturated rings. The van der Waals surface area contributed by atoms with E-state index in [1.165, 1.54) is 30.1 Å². The smallest absolute Gasteiger partial charge is 0.298 e. The number of carbonyl (C=O) groups is 1. The number of amides is 1. The van der Waals surface area contributed by atoms with Crippen molar-refractivity contribution in [2.75, 3.05) is 40.1 Å². The van der Waals surface area contributed by atoms with Crippen LogP contribution in [-0.4, -0.2) is 60.8 Å². The average Bonchev–Trinajstić information content (AvgIpc) is 3.10. The van der Waals surface area contributed by atoms with E-state index in [1.54, 1.807) is 24.3 Å². The molecule has 152 valence electrons. The summed E-state index contributed by atoms with van der Waals surface area (Å²) in [4.78, 5) is 32.7. The predicted octanol–water partition coefficient (Wildman–Crippen LogP) is 1.09. The number of ether oxygens (including phenoxy) is 2. The number of aromatic nitrogens is 2. The van der Waals surface area contributed by atoms with E-state index in [0.717, 1.165) is 13.1 Å². The topological polar surface area (TPSA) is 112 Å². The Labute approximate surface area is 170 Å². The monoisotopic (exact) mass is 415 g/mol. The SMILES string of the molecule is COc1ccc(-n2c(=O)c(N)nc3sc(C(=O)NC4CN(C)C4)cc32)cc1OC. The maximum Gasteiger partial charge on any atom is 0.298 e. The maximum absolute atomic E-state index is 12.8. The van der Waals surface area contributed by atoms with Crippen molar-refractivity contribution in [1.29, 1.82) is 0 Å². The molecule has 1 aliphatic rings. The van der Waals surface area contributed by atoms with E-state index in [9.17, 15) is 9.59 Å². The van der Waals surface area contributed by atoms with Crippen molar-refractivity contribution in [3.8, 4) is 17.2 Å². The van der Waals surface area contributed by atoms with Crippen LogP contribution in [0.15, 0.2) is 29.1 Å². The minimum absolute atomic E-state index is 0.129. The number of nitrogens with zero attached hydrogens (tertiary/aromatic N) is 3. The molecular weight excluding hydrogens is 394 g/mol. The number of nitrogens with two attached hydrogens (primary N) is 1. The number of rotatable bonds is 5. The number of fused-ring (bicyclic) bond motifs is 1. The van der Waals surface area contributed by atoms with Gasteiger partial charge in [-0.3, -0.25) is 14.2 Å². The molecule has 1 saturated heterocycles. The Morgan fingerprint density at radius 2 is 1.97 bits per heavy atom. The standard InChI is InChI=1S/C19H21N5O4S/c1-23-8-10(9-23)21-17(25)15-7-12-18(29-15)22-16(20)19(26)24(12)11-4-5-13(27-2)14(6-11)28-3/h4-7,10H,8-9H2,1-3H3,(H2,20,22)(H,21,25). The molecule has 1 aromatic carbocycles. The van der Waals surface area contributed by atoms with Gasteiger partial charge in [0.15, 0.2) is 17.3 Å². The van der Waals surface area contributed by atoms with Gasteiger partial charge in [0, 0.05) is 19.2 Å². The second-order valence-corrected chi connectivity index (χ2v) is 7.90. The lowest BCUT2D eigenvalue weighted by Crippen LogP contribution is -2.57. The van der Waals surface area contributed by atoms with Gasteiger partial charge in [-0.05, 0) is 25.2 Å². The summed E-state index contributed by atoms with van der Waals surface area (Å²) in [6.07, 6.45) is 0.